The van der Waals surface area contributed by atoms with Crippen molar-refractivity contribution in [3.63, 3.8) is 0 Å². The molecule has 4 aromatic rings. The Kier molecular flexibility index (Phi) is 6.19. The van der Waals surface area contributed by atoms with Gasteiger partial charge in [-0.25, -0.2) is 4.98 Å². The number of benzene rings is 2. The number of piperazine rings is 1. The second kappa shape index (κ2) is 9.57. The van der Waals surface area contributed by atoms with Crippen molar-refractivity contribution in [2.75, 3.05) is 38.0 Å². The first-order valence-corrected chi connectivity index (χ1v) is 11.5. The highest BCUT2D eigenvalue weighted by Gasteiger charge is 2.22. The highest BCUT2D eigenvalue weighted by Crippen LogP contribution is 2.26. The molecule has 3 heterocycles. The molecule has 1 amide bonds. The summed E-state index contributed by atoms with van der Waals surface area (Å²) in [7, 11) is 0. The zero-order chi connectivity index (χ0) is 22.6. The number of nitrogens with one attached hydrogen (secondary N) is 1. The van der Waals surface area contributed by atoms with Gasteiger partial charge in [0.05, 0.1) is 17.9 Å². The molecule has 0 radical (unpaired) electrons. The van der Waals surface area contributed by atoms with Gasteiger partial charge in [0.25, 0.3) is 0 Å². The first-order valence-electron chi connectivity index (χ1n) is 11.5. The first kappa shape index (κ1) is 21.4. The number of aromatic nitrogens is 2. The zero-order valence-corrected chi connectivity index (χ0v) is 18.9. The lowest BCUT2D eigenvalue weighted by Gasteiger charge is -2.34. The molecule has 1 fully saturated rings. The Morgan fingerprint density at radius 2 is 1.58 bits per heavy atom. The van der Waals surface area contributed by atoms with Gasteiger partial charge in [-0.05, 0) is 31.2 Å². The molecular formula is C27H29N5O. The standard InChI is InChI=1S/C27H29N5O/c1-21-10-12-23(13-11-21)28-26(33)20-31-17-15-30(16-18-31)19-24-27(22-7-3-2-4-8-22)29-25-9-5-6-14-32(24)25/h2-14H,15-20H2,1H3,(H,28,33). The second-order valence-corrected chi connectivity index (χ2v) is 8.67. The number of carbonyl (C=O) groups excluding carboxylic acids is 1. The molecule has 2 aromatic heterocycles. The van der Waals surface area contributed by atoms with Crippen molar-refractivity contribution in [3.8, 4) is 11.3 Å². The maximum atomic E-state index is 12.5. The van der Waals surface area contributed by atoms with E-state index in [1.165, 1.54) is 11.3 Å². The molecule has 33 heavy (non-hydrogen) atoms. The number of amides is 1. The number of pyridine rings is 1. The van der Waals surface area contributed by atoms with Crippen molar-refractivity contribution in [2.24, 2.45) is 0 Å². The third kappa shape index (κ3) is 4.97. The summed E-state index contributed by atoms with van der Waals surface area (Å²) in [5.41, 5.74) is 6.40. The van der Waals surface area contributed by atoms with Gasteiger partial charge in [0.2, 0.25) is 5.91 Å². The molecule has 1 N–H and O–H groups in total. The van der Waals surface area contributed by atoms with Crippen LogP contribution in [0, 0.1) is 6.92 Å². The van der Waals surface area contributed by atoms with Gasteiger partial charge in [-0.2, -0.15) is 0 Å². The molecule has 1 aliphatic heterocycles. The van der Waals surface area contributed by atoms with Gasteiger partial charge < -0.3 is 9.72 Å². The summed E-state index contributed by atoms with van der Waals surface area (Å²) in [4.78, 5) is 22.1. The lowest BCUT2D eigenvalue weighted by atomic mass is 10.1. The molecule has 0 bridgehead atoms. The molecule has 1 aliphatic rings. The molecule has 6 heteroatoms. The van der Waals surface area contributed by atoms with Crippen LogP contribution in [0.3, 0.4) is 0 Å². The molecule has 6 nitrogen and oxygen atoms in total. The van der Waals surface area contributed by atoms with E-state index in [0.717, 1.165) is 55.3 Å². The molecule has 0 atom stereocenters. The first-order chi connectivity index (χ1) is 16.2. The third-order valence-corrected chi connectivity index (χ3v) is 6.22. The van der Waals surface area contributed by atoms with Crippen LogP contribution in [0.15, 0.2) is 79.0 Å². The molecule has 0 spiro atoms. The van der Waals surface area contributed by atoms with Crippen molar-refractivity contribution in [1.82, 2.24) is 19.2 Å². The molecule has 168 valence electrons. The molecule has 5 rings (SSSR count). The highest BCUT2D eigenvalue weighted by molar-refractivity contribution is 5.92. The number of carbonyl (C=O) groups is 1. The van der Waals surface area contributed by atoms with E-state index < -0.39 is 0 Å². The Balaban J connectivity index is 1.23. The summed E-state index contributed by atoms with van der Waals surface area (Å²) in [6.45, 7) is 6.89. The summed E-state index contributed by atoms with van der Waals surface area (Å²) in [6, 6.07) is 24.5. The minimum absolute atomic E-state index is 0.0421. The molecule has 0 saturated carbocycles. The number of hydrogen-bond donors (Lipinski definition) is 1. The minimum atomic E-state index is 0.0421. The van der Waals surface area contributed by atoms with Gasteiger partial charge in [0.15, 0.2) is 0 Å². The smallest absolute Gasteiger partial charge is 0.238 e. The van der Waals surface area contributed by atoms with Gasteiger partial charge >= 0.3 is 0 Å². The van der Waals surface area contributed by atoms with Crippen LogP contribution in [0.5, 0.6) is 0 Å². The lowest BCUT2D eigenvalue weighted by molar-refractivity contribution is -0.117. The van der Waals surface area contributed by atoms with Gasteiger partial charge in [-0.3, -0.25) is 14.6 Å². The van der Waals surface area contributed by atoms with E-state index in [4.69, 9.17) is 4.98 Å². The molecule has 1 saturated heterocycles. The van der Waals surface area contributed by atoms with Crippen molar-refractivity contribution >= 4 is 17.2 Å². The van der Waals surface area contributed by atoms with E-state index in [1.807, 2.05) is 43.3 Å². The van der Waals surface area contributed by atoms with Crippen molar-refractivity contribution in [3.05, 3.63) is 90.3 Å². The fraction of sp³-hybridized carbons (Fsp3) is 0.259. The Morgan fingerprint density at radius 3 is 2.33 bits per heavy atom. The van der Waals surface area contributed by atoms with Crippen LogP contribution < -0.4 is 5.32 Å². The lowest BCUT2D eigenvalue weighted by Crippen LogP contribution is -2.48. The van der Waals surface area contributed by atoms with Crippen LogP contribution in [-0.2, 0) is 11.3 Å². The third-order valence-electron chi connectivity index (χ3n) is 6.22. The maximum Gasteiger partial charge on any atom is 0.238 e. The van der Waals surface area contributed by atoms with Crippen molar-refractivity contribution in [2.45, 2.75) is 13.5 Å². The van der Waals surface area contributed by atoms with Crippen LogP contribution in [0.2, 0.25) is 0 Å². The number of anilines is 1. The Bertz CT molecular complexity index is 1220. The molecule has 2 aromatic carbocycles. The van der Waals surface area contributed by atoms with Crippen LogP contribution in [-0.4, -0.2) is 57.8 Å². The van der Waals surface area contributed by atoms with Crippen LogP contribution >= 0.6 is 0 Å². The quantitative estimate of drug-likeness (QED) is 0.492. The van der Waals surface area contributed by atoms with Gasteiger partial charge in [0.1, 0.15) is 5.65 Å². The monoisotopic (exact) mass is 439 g/mol. The number of aryl methyl sites for hydroxylation is 1. The number of imidazole rings is 1. The maximum absolute atomic E-state index is 12.5. The summed E-state index contributed by atoms with van der Waals surface area (Å²) in [6.07, 6.45) is 2.09. The zero-order valence-electron chi connectivity index (χ0n) is 18.9. The number of fused-ring (bicyclic) bond motifs is 1. The second-order valence-electron chi connectivity index (χ2n) is 8.67. The molecule has 0 aliphatic carbocycles. The van der Waals surface area contributed by atoms with Gasteiger partial charge in [-0.1, -0.05) is 54.1 Å². The largest absolute Gasteiger partial charge is 0.325 e. The highest BCUT2D eigenvalue weighted by atomic mass is 16.2. The normalized spacial score (nSPS) is 15.1. The predicted molar refractivity (Wildman–Crippen MR) is 132 cm³/mol. The Hall–Kier alpha value is -3.48. The summed E-state index contributed by atoms with van der Waals surface area (Å²) in [5, 5.41) is 3.00. The fourth-order valence-electron chi connectivity index (χ4n) is 4.38. The van der Waals surface area contributed by atoms with E-state index in [9.17, 15) is 4.79 Å². The number of nitrogens with zero attached hydrogens (tertiary/aromatic N) is 4. The molecule has 0 unspecified atom stereocenters. The van der Waals surface area contributed by atoms with Crippen LogP contribution in [0.4, 0.5) is 5.69 Å². The van der Waals surface area contributed by atoms with Crippen LogP contribution in [0.1, 0.15) is 11.3 Å². The number of hydrogen-bond acceptors (Lipinski definition) is 4. The van der Waals surface area contributed by atoms with Crippen molar-refractivity contribution in [1.29, 1.82) is 0 Å². The van der Waals surface area contributed by atoms with E-state index in [1.54, 1.807) is 0 Å². The van der Waals surface area contributed by atoms with Crippen molar-refractivity contribution < 1.29 is 4.79 Å². The molecular weight excluding hydrogens is 410 g/mol. The number of rotatable bonds is 6. The SMILES string of the molecule is Cc1ccc(NC(=O)CN2CCN(Cc3c(-c4ccccc4)nc4ccccn34)CC2)cc1. The van der Waals surface area contributed by atoms with E-state index in [0.29, 0.717) is 6.54 Å². The average molecular weight is 440 g/mol. The Labute approximate surface area is 194 Å². The van der Waals surface area contributed by atoms with Gasteiger partial charge in [-0.15, -0.1) is 0 Å². The summed E-state index contributed by atoms with van der Waals surface area (Å²) < 4.78 is 2.20. The fourth-order valence-corrected chi connectivity index (χ4v) is 4.38. The van der Waals surface area contributed by atoms with Gasteiger partial charge in [0, 0.05) is 50.2 Å². The van der Waals surface area contributed by atoms with Crippen LogP contribution in [0.25, 0.3) is 16.9 Å². The summed E-state index contributed by atoms with van der Waals surface area (Å²) >= 11 is 0. The Morgan fingerprint density at radius 1 is 0.879 bits per heavy atom. The topological polar surface area (TPSA) is 52.9 Å². The average Bonchev–Trinajstić information content (AvgIpc) is 3.21. The van der Waals surface area contributed by atoms with E-state index in [2.05, 4.69) is 62.1 Å². The summed E-state index contributed by atoms with van der Waals surface area (Å²) in [5.74, 6) is 0.0421. The van der Waals surface area contributed by atoms with E-state index >= 15 is 0 Å². The predicted octanol–water partition coefficient (Wildman–Crippen LogP) is 4.07. The minimum Gasteiger partial charge on any atom is -0.325 e. The van der Waals surface area contributed by atoms with E-state index in [-0.39, 0.29) is 5.91 Å².